The number of rotatable bonds is 5. The zero-order valence-corrected chi connectivity index (χ0v) is 21.2. The van der Waals surface area contributed by atoms with Crippen LogP contribution < -0.4 is 9.64 Å². The van der Waals surface area contributed by atoms with Gasteiger partial charge in [0.1, 0.15) is 17.4 Å². The summed E-state index contributed by atoms with van der Waals surface area (Å²) in [6.07, 6.45) is 0. The molecule has 0 aromatic heterocycles. The van der Waals surface area contributed by atoms with Gasteiger partial charge in [-0.1, -0.05) is 39.7 Å². The summed E-state index contributed by atoms with van der Waals surface area (Å²) in [5.41, 5.74) is 0.889. The molecular formula is C25H17BrClN3O6. The highest BCUT2D eigenvalue weighted by molar-refractivity contribution is 9.10. The molecule has 2 aliphatic heterocycles. The first-order valence-corrected chi connectivity index (χ1v) is 11.9. The molecule has 0 radical (unpaired) electrons. The molecule has 5 rings (SSSR count). The average molecular weight is 571 g/mol. The third-order valence-corrected chi connectivity index (χ3v) is 7.14. The fourth-order valence-electron chi connectivity index (χ4n) is 4.77. The van der Waals surface area contributed by atoms with E-state index in [0.717, 1.165) is 16.5 Å². The molecule has 1 fully saturated rings. The zero-order valence-electron chi connectivity index (χ0n) is 18.9. The minimum atomic E-state index is -1.25. The Hall–Kier alpha value is -3.76. The van der Waals surface area contributed by atoms with Crippen LogP contribution in [0.2, 0.25) is 5.02 Å². The van der Waals surface area contributed by atoms with Crippen LogP contribution in [0.15, 0.2) is 59.1 Å². The Morgan fingerprint density at radius 1 is 1.00 bits per heavy atom. The SMILES string of the molecule is COc1ccc(Br)cc1C1C(N2C(=O)c3cccc([N+](=O)[O-])c3C2=O)C(=O)N1c1cc(Cl)ccc1C. The molecule has 1 saturated heterocycles. The number of amides is 3. The molecule has 0 N–H and O–H groups in total. The summed E-state index contributed by atoms with van der Waals surface area (Å²) < 4.78 is 6.24. The molecule has 2 aliphatic rings. The minimum absolute atomic E-state index is 0.112. The number of carbonyl (C=O) groups is 3. The molecule has 3 aromatic carbocycles. The van der Waals surface area contributed by atoms with Crippen LogP contribution >= 0.6 is 27.5 Å². The summed E-state index contributed by atoms with van der Waals surface area (Å²) in [5, 5.41) is 12.0. The van der Waals surface area contributed by atoms with Crippen LogP contribution in [0.5, 0.6) is 5.75 Å². The van der Waals surface area contributed by atoms with Crippen molar-refractivity contribution in [3.05, 3.63) is 96.5 Å². The number of halogens is 2. The van der Waals surface area contributed by atoms with Crippen molar-refractivity contribution in [3.63, 3.8) is 0 Å². The number of carbonyl (C=O) groups excluding carboxylic acids is 3. The van der Waals surface area contributed by atoms with Gasteiger partial charge in [-0.05, 0) is 48.9 Å². The van der Waals surface area contributed by atoms with E-state index in [-0.39, 0.29) is 11.1 Å². The first-order chi connectivity index (χ1) is 17.1. The predicted molar refractivity (Wildman–Crippen MR) is 134 cm³/mol. The number of nitrogens with zero attached hydrogens (tertiary/aromatic N) is 3. The van der Waals surface area contributed by atoms with Crippen LogP contribution in [-0.4, -0.2) is 40.7 Å². The Labute approximate surface area is 218 Å². The molecule has 0 bridgehead atoms. The van der Waals surface area contributed by atoms with Gasteiger partial charge in [0.15, 0.2) is 0 Å². The number of β-lactam (4-membered cyclic amide) rings is 1. The van der Waals surface area contributed by atoms with Crippen molar-refractivity contribution < 1.29 is 24.0 Å². The van der Waals surface area contributed by atoms with Crippen molar-refractivity contribution in [2.24, 2.45) is 0 Å². The van der Waals surface area contributed by atoms with Gasteiger partial charge < -0.3 is 4.74 Å². The predicted octanol–water partition coefficient (Wildman–Crippen LogP) is 5.08. The summed E-state index contributed by atoms with van der Waals surface area (Å²) in [4.78, 5) is 53.6. The quantitative estimate of drug-likeness (QED) is 0.183. The lowest BCUT2D eigenvalue weighted by Gasteiger charge is -2.50. The minimum Gasteiger partial charge on any atom is -0.496 e. The van der Waals surface area contributed by atoms with Crippen molar-refractivity contribution in [2.45, 2.75) is 19.0 Å². The molecule has 182 valence electrons. The fraction of sp³-hybridized carbons (Fsp3) is 0.160. The first-order valence-electron chi connectivity index (χ1n) is 10.7. The summed E-state index contributed by atoms with van der Waals surface area (Å²) >= 11 is 9.67. The standard InChI is InChI=1S/C25H17BrClN3O6/c1-12-6-8-14(27)11-18(12)28-21(16-10-13(26)7-9-19(16)36-2)22(25(28)33)29-23(31)15-4-3-5-17(30(34)35)20(15)24(29)32/h3-11,21-22H,1-2H3. The number of nitro groups is 1. The lowest BCUT2D eigenvalue weighted by Crippen LogP contribution is -2.67. The molecule has 3 amide bonds. The maximum Gasteiger partial charge on any atom is 0.282 e. The van der Waals surface area contributed by atoms with Gasteiger partial charge in [0.05, 0.1) is 23.6 Å². The highest BCUT2D eigenvalue weighted by Gasteiger charge is 2.59. The largest absolute Gasteiger partial charge is 0.496 e. The van der Waals surface area contributed by atoms with Crippen molar-refractivity contribution in [1.29, 1.82) is 0 Å². The number of fused-ring (bicyclic) bond motifs is 1. The summed E-state index contributed by atoms with van der Waals surface area (Å²) in [6.45, 7) is 1.81. The first kappa shape index (κ1) is 24.0. The van der Waals surface area contributed by atoms with Crippen LogP contribution in [0.4, 0.5) is 11.4 Å². The van der Waals surface area contributed by atoms with Gasteiger partial charge in [0.25, 0.3) is 23.4 Å². The molecule has 9 nitrogen and oxygen atoms in total. The Bertz CT molecular complexity index is 1490. The Morgan fingerprint density at radius 3 is 2.44 bits per heavy atom. The van der Waals surface area contributed by atoms with Gasteiger partial charge in [0.2, 0.25) is 0 Å². The number of anilines is 1. The van der Waals surface area contributed by atoms with Crippen molar-refractivity contribution in [1.82, 2.24) is 4.90 Å². The number of ether oxygens (including phenoxy) is 1. The third kappa shape index (κ3) is 3.48. The highest BCUT2D eigenvalue weighted by Crippen LogP contribution is 2.48. The van der Waals surface area contributed by atoms with E-state index in [9.17, 15) is 24.5 Å². The second-order valence-corrected chi connectivity index (χ2v) is 9.70. The summed E-state index contributed by atoms with van der Waals surface area (Å²) in [7, 11) is 1.47. The van der Waals surface area contributed by atoms with E-state index >= 15 is 0 Å². The topological polar surface area (TPSA) is 110 Å². The molecule has 2 unspecified atom stereocenters. The Balaban J connectivity index is 1.68. The van der Waals surface area contributed by atoms with Gasteiger partial charge in [-0.15, -0.1) is 0 Å². The number of nitro benzene ring substituents is 1. The third-order valence-electron chi connectivity index (χ3n) is 6.41. The molecule has 0 spiro atoms. The van der Waals surface area contributed by atoms with Gasteiger partial charge >= 0.3 is 0 Å². The second-order valence-electron chi connectivity index (χ2n) is 8.35. The van der Waals surface area contributed by atoms with Gasteiger partial charge in [0, 0.05) is 26.8 Å². The van der Waals surface area contributed by atoms with E-state index < -0.39 is 40.4 Å². The van der Waals surface area contributed by atoms with E-state index in [1.165, 1.54) is 24.1 Å². The zero-order chi connectivity index (χ0) is 25.9. The molecule has 2 heterocycles. The van der Waals surface area contributed by atoms with E-state index in [4.69, 9.17) is 16.3 Å². The molecule has 2 atom stereocenters. The van der Waals surface area contributed by atoms with E-state index in [2.05, 4.69) is 15.9 Å². The number of hydrogen-bond acceptors (Lipinski definition) is 6. The maximum absolute atomic E-state index is 13.7. The number of aryl methyl sites for hydroxylation is 1. The number of methoxy groups -OCH3 is 1. The number of imide groups is 1. The van der Waals surface area contributed by atoms with Gasteiger partial charge in [-0.3, -0.25) is 34.3 Å². The molecule has 3 aromatic rings. The van der Waals surface area contributed by atoms with Gasteiger partial charge in [-0.25, -0.2) is 0 Å². The molecule has 11 heteroatoms. The van der Waals surface area contributed by atoms with Crippen LogP contribution in [0, 0.1) is 17.0 Å². The normalized spacial score (nSPS) is 18.8. The van der Waals surface area contributed by atoms with Crippen molar-refractivity contribution >= 4 is 56.6 Å². The highest BCUT2D eigenvalue weighted by atomic mass is 79.9. The molecular weight excluding hydrogens is 554 g/mol. The molecule has 0 saturated carbocycles. The summed E-state index contributed by atoms with van der Waals surface area (Å²) in [5.74, 6) is -1.74. The van der Waals surface area contributed by atoms with Crippen LogP contribution in [-0.2, 0) is 4.79 Å². The number of hydrogen-bond donors (Lipinski definition) is 0. The van der Waals surface area contributed by atoms with Crippen LogP contribution in [0.3, 0.4) is 0 Å². The average Bonchev–Trinajstić information content (AvgIpc) is 3.09. The molecule has 36 heavy (non-hydrogen) atoms. The smallest absolute Gasteiger partial charge is 0.282 e. The lowest BCUT2D eigenvalue weighted by molar-refractivity contribution is -0.385. The monoisotopic (exact) mass is 569 g/mol. The molecule has 0 aliphatic carbocycles. The van der Waals surface area contributed by atoms with Crippen LogP contribution in [0.25, 0.3) is 0 Å². The van der Waals surface area contributed by atoms with Crippen LogP contribution in [0.1, 0.15) is 37.9 Å². The van der Waals surface area contributed by atoms with E-state index in [1.807, 2.05) is 6.92 Å². The van der Waals surface area contributed by atoms with E-state index in [1.54, 1.807) is 36.4 Å². The number of benzene rings is 3. The Morgan fingerprint density at radius 2 is 1.75 bits per heavy atom. The second kappa shape index (κ2) is 8.72. The summed E-state index contributed by atoms with van der Waals surface area (Å²) in [6, 6.07) is 12.1. The maximum atomic E-state index is 13.7. The van der Waals surface area contributed by atoms with Gasteiger partial charge in [-0.2, -0.15) is 0 Å². The van der Waals surface area contributed by atoms with Crippen molar-refractivity contribution in [2.75, 3.05) is 12.0 Å². The van der Waals surface area contributed by atoms with Crippen molar-refractivity contribution in [3.8, 4) is 5.75 Å². The lowest BCUT2D eigenvalue weighted by atomic mass is 9.85. The van der Waals surface area contributed by atoms with E-state index in [0.29, 0.717) is 26.5 Å². The fourth-order valence-corrected chi connectivity index (χ4v) is 5.32. The Kier molecular flexibility index (Phi) is 5.80.